The fraction of sp³-hybridized carbons (Fsp3) is 0.424. The summed E-state index contributed by atoms with van der Waals surface area (Å²) in [4.78, 5) is 12.2. The Balaban J connectivity index is 1.64. The van der Waals surface area contributed by atoms with E-state index in [1.807, 2.05) is 25.1 Å². The highest BCUT2D eigenvalue weighted by Gasteiger charge is 2.34. The van der Waals surface area contributed by atoms with Gasteiger partial charge in [-0.25, -0.2) is 9.18 Å². The van der Waals surface area contributed by atoms with Crippen molar-refractivity contribution < 1.29 is 13.9 Å². The Hall–Kier alpha value is -2.94. The lowest BCUT2D eigenvalue weighted by atomic mass is 9.93. The van der Waals surface area contributed by atoms with Crippen LogP contribution in [0.15, 0.2) is 72.8 Å². The van der Waals surface area contributed by atoms with E-state index >= 15 is 0 Å². The number of carbonyl (C=O) groups excluding carboxylic acids is 1. The maximum atomic E-state index is 14.5. The number of esters is 1. The Morgan fingerprint density at radius 2 is 1.25 bits per heavy atom. The summed E-state index contributed by atoms with van der Waals surface area (Å²) in [5.41, 5.74) is 3.88. The molecular formula is C33H41FO2. The van der Waals surface area contributed by atoms with Crippen molar-refractivity contribution in [2.75, 3.05) is 0 Å². The minimum Gasteiger partial charge on any atom is -0.424 e. The number of benzene rings is 3. The fourth-order valence-electron chi connectivity index (χ4n) is 4.61. The third-order valence-electron chi connectivity index (χ3n) is 6.78. The minimum atomic E-state index is -1.97. The number of carbonyl (C=O) groups is 1. The summed E-state index contributed by atoms with van der Waals surface area (Å²) in [5, 5.41) is 0. The van der Waals surface area contributed by atoms with Crippen molar-refractivity contribution in [2.45, 2.75) is 90.6 Å². The highest BCUT2D eigenvalue weighted by Crippen LogP contribution is 2.33. The Labute approximate surface area is 216 Å². The van der Waals surface area contributed by atoms with Crippen LogP contribution in [0, 0.1) is 0 Å². The number of hydrogen-bond donors (Lipinski definition) is 0. The van der Waals surface area contributed by atoms with Gasteiger partial charge >= 0.3 is 5.97 Å². The average Bonchev–Trinajstić information content (AvgIpc) is 2.89. The van der Waals surface area contributed by atoms with Crippen molar-refractivity contribution >= 4 is 5.97 Å². The predicted octanol–water partition coefficient (Wildman–Crippen LogP) is 9.75. The quantitative estimate of drug-likeness (QED) is 0.128. The molecule has 0 aliphatic heterocycles. The Kier molecular flexibility index (Phi) is 10.7. The molecular weight excluding hydrogens is 447 g/mol. The van der Waals surface area contributed by atoms with Crippen LogP contribution in [0.5, 0.6) is 5.75 Å². The van der Waals surface area contributed by atoms with Gasteiger partial charge in [0.2, 0.25) is 5.67 Å². The van der Waals surface area contributed by atoms with Gasteiger partial charge in [0.1, 0.15) is 5.75 Å². The van der Waals surface area contributed by atoms with Gasteiger partial charge in [-0.15, -0.1) is 0 Å². The number of aryl methyl sites for hydroxylation is 1. The van der Waals surface area contributed by atoms with Crippen LogP contribution in [-0.2, 0) is 11.2 Å². The first-order valence-corrected chi connectivity index (χ1v) is 13.6. The molecule has 0 saturated carbocycles. The number of hydrogen-bond acceptors (Lipinski definition) is 2. The van der Waals surface area contributed by atoms with Gasteiger partial charge in [0.05, 0.1) is 0 Å². The SMILES string of the molecule is CCCCCCCCCc1ccc(-c2ccccc2-c2ccc(OC(=O)C(C)(F)CCC)cc2)cc1. The van der Waals surface area contributed by atoms with E-state index in [1.54, 1.807) is 12.1 Å². The molecule has 1 atom stereocenters. The van der Waals surface area contributed by atoms with E-state index in [1.165, 1.54) is 63.0 Å². The standard InChI is InChI=1S/C33H41FO2/c1-4-6-7-8-9-10-11-14-26-17-19-27(20-18-26)30-15-12-13-16-31(30)28-21-23-29(24-22-28)36-32(35)33(3,34)25-5-2/h12-13,15-24H,4-11,14,25H2,1-3H3. The van der Waals surface area contributed by atoms with Crippen molar-refractivity contribution in [3.8, 4) is 28.0 Å². The van der Waals surface area contributed by atoms with Gasteiger partial charge in [0.15, 0.2) is 0 Å². The first-order chi connectivity index (χ1) is 17.4. The molecule has 0 spiro atoms. The molecule has 0 aromatic heterocycles. The second-order valence-corrected chi connectivity index (χ2v) is 9.98. The second-order valence-electron chi connectivity index (χ2n) is 9.98. The third kappa shape index (κ3) is 8.05. The lowest BCUT2D eigenvalue weighted by molar-refractivity contribution is -0.147. The topological polar surface area (TPSA) is 26.3 Å². The van der Waals surface area contributed by atoms with Crippen molar-refractivity contribution in [3.63, 3.8) is 0 Å². The molecule has 192 valence electrons. The smallest absolute Gasteiger partial charge is 0.348 e. The highest BCUT2D eigenvalue weighted by atomic mass is 19.1. The first-order valence-electron chi connectivity index (χ1n) is 13.6. The van der Waals surface area contributed by atoms with Crippen LogP contribution in [0.3, 0.4) is 0 Å². The summed E-state index contributed by atoms with van der Waals surface area (Å²) in [6, 6.07) is 24.5. The third-order valence-corrected chi connectivity index (χ3v) is 6.78. The van der Waals surface area contributed by atoms with Gasteiger partial charge in [0.25, 0.3) is 0 Å². The van der Waals surface area contributed by atoms with E-state index in [2.05, 4.69) is 49.4 Å². The molecule has 0 aliphatic rings. The summed E-state index contributed by atoms with van der Waals surface area (Å²) in [7, 11) is 0. The lowest BCUT2D eigenvalue weighted by Crippen LogP contribution is -2.34. The molecule has 0 amide bonds. The number of ether oxygens (including phenoxy) is 1. The molecule has 0 aliphatic carbocycles. The summed E-state index contributed by atoms with van der Waals surface area (Å²) in [5.74, 6) is -0.481. The molecule has 2 nitrogen and oxygen atoms in total. The van der Waals surface area contributed by atoms with Crippen LogP contribution >= 0.6 is 0 Å². The van der Waals surface area contributed by atoms with E-state index in [0.717, 1.165) is 23.1 Å². The van der Waals surface area contributed by atoms with Crippen LogP contribution in [0.4, 0.5) is 4.39 Å². The number of halogens is 1. The van der Waals surface area contributed by atoms with Gasteiger partial charge in [-0.05, 0) is 66.1 Å². The van der Waals surface area contributed by atoms with Gasteiger partial charge in [-0.3, -0.25) is 0 Å². The zero-order chi connectivity index (χ0) is 25.8. The fourth-order valence-corrected chi connectivity index (χ4v) is 4.61. The van der Waals surface area contributed by atoms with Crippen LogP contribution < -0.4 is 4.74 Å². The number of rotatable bonds is 14. The van der Waals surface area contributed by atoms with E-state index < -0.39 is 11.6 Å². The second kappa shape index (κ2) is 14.0. The Bertz CT molecular complexity index is 1070. The van der Waals surface area contributed by atoms with E-state index in [-0.39, 0.29) is 6.42 Å². The summed E-state index contributed by atoms with van der Waals surface area (Å²) < 4.78 is 19.8. The largest absolute Gasteiger partial charge is 0.424 e. The predicted molar refractivity (Wildman–Crippen MR) is 149 cm³/mol. The van der Waals surface area contributed by atoms with Crippen LogP contribution in [0.25, 0.3) is 22.3 Å². The van der Waals surface area contributed by atoms with Crippen molar-refractivity contribution in [2.24, 2.45) is 0 Å². The molecule has 0 fully saturated rings. The molecule has 3 heteroatoms. The van der Waals surface area contributed by atoms with Gasteiger partial charge in [-0.1, -0.05) is 119 Å². The minimum absolute atomic E-state index is 0.148. The molecule has 0 N–H and O–H groups in total. The van der Waals surface area contributed by atoms with Gasteiger partial charge in [-0.2, -0.15) is 0 Å². The van der Waals surface area contributed by atoms with Crippen molar-refractivity contribution in [3.05, 3.63) is 78.4 Å². The van der Waals surface area contributed by atoms with Crippen LogP contribution in [-0.4, -0.2) is 11.6 Å². The van der Waals surface area contributed by atoms with Crippen molar-refractivity contribution in [1.82, 2.24) is 0 Å². The maximum Gasteiger partial charge on any atom is 0.348 e. The summed E-state index contributed by atoms with van der Waals surface area (Å²) >= 11 is 0. The molecule has 1 unspecified atom stereocenters. The van der Waals surface area contributed by atoms with Crippen LogP contribution in [0.2, 0.25) is 0 Å². The molecule has 3 rings (SSSR count). The normalized spacial score (nSPS) is 12.8. The number of unbranched alkanes of at least 4 members (excludes halogenated alkanes) is 6. The average molecular weight is 489 g/mol. The van der Waals surface area contributed by atoms with Gasteiger partial charge < -0.3 is 4.74 Å². The molecule has 36 heavy (non-hydrogen) atoms. The first kappa shape index (κ1) is 27.6. The van der Waals surface area contributed by atoms with Gasteiger partial charge in [0, 0.05) is 0 Å². The molecule has 0 radical (unpaired) electrons. The summed E-state index contributed by atoms with van der Waals surface area (Å²) in [6.07, 6.45) is 11.2. The monoisotopic (exact) mass is 488 g/mol. The molecule has 3 aromatic carbocycles. The van der Waals surface area contributed by atoms with E-state index in [0.29, 0.717) is 12.2 Å². The summed E-state index contributed by atoms with van der Waals surface area (Å²) in [6.45, 7) is 5.39. The molecule has 0 bridgehead atoms. The van der Waals surface area contributed by atoms with E-state index in [9.17, 15) is 9.18 Å². The Morgan fingerprint density at radius 3 is 1.81 bits per heavy atom. The highest BCUT2D eigenvalue weighted by molar-refractivity contribution is 5.84. The van der Waals surface area contributed by atoms with Crippen molar-refractivity contribution in [1.29, 1.82) is 0 Å². The Morgan fingerprint density at radius 1 is 0.722 bits per heavy atom. The zero-order valence-corrected chi connectivity index (χ0v) is 22.2. The zero-order valence-electron chi connectivity index (χ0n) is 22.2. The molecule has 3 aromatic rings. The van der Waals surface area contributed by atoms with Crippen LogP contribution in [0.1, 0.15) is 84.1 Å². The maximum absolute atomic E-state index is 14.5. The lowest BCUT2D eigenvalue weighted by Gasteiger charge is -2.17. The molecule has 0 saturated heterocycles. The van der Waals surface area contributed by atoms with E-state index in [4.69, 9.17) is 4.74 Å². The molecule has 0 heterocycles. The number of alkyl halides is 1.